The SMILES string of the molecule is [2H]c1c([2H])c(OC([2H])([2H])[2H])c2c3c1C[C@H]1N(C([2H])([2H])[2H])CC[C@@]34C(O2)C(=O)CC[C@@]14[2H]. The highest BCUT2D eigenvalue weighted by molar-refractivity contribution is 5.89. The molecule has 4 heteroatoms. The summed E-state index contributed by atoms with van der Waals surface area (Å²) in [6, 6.07) is -1.55. The van der Waals surface area contributed by atoms with Gasteiger partial charge in [0.15, 0.2) is 23.4 Å². The van der Waals surface area contributed by atoms with Crippen LogP contribution in [-0.2, 0) is 16.6 Å². The van der Waals surface area contributed by atoms with Gasteiger partial charge < -0.3 is 14.4 Å². The molecule has 1 unspecified atom stereocenters. The summed E-state index contributed by atoms with van der Waals surface area (Å²) in [6.07, 6.45) is -0.718. The van der Waals surface area contributed by atoms with E-state index in [0.29, 0.717) is 11.1 Å². The molecule has 2 aliphatic heterocycles. The second-order valence-electron chi connectivity index (χ2n) is 6.49. The van der Waals surface area contributed by atoms with Gasteiger partial charge in [0, 0.05) is 28.9 Å². The van der Waals surface area contributed by atoms with E-state index >= 15 is 0 Å². The van der Waals surface area contributed by atoms with Gasteiger partial charge in [0.25, 0.3) is 0 Å². The first-order valence-electron chi connectivity index (χ1n) is 12.0. The first-order valence-corrected chi connectivity index (χ1v) is 7.54. The third-order valence-corrected chi connectivity index (χ3v) is 5.72. The average Bonchev–Trinajstić information content (AvgIpc) is 2.97. The van der Waals surface area contributed by atoms with Gasteiger partial charge >= 0.3 is 0 Å². The molecular formula is C18H21NO3. The van der Waals surface area contributed by atoms with Crippen LogP contribution in [0.1, 0.15) is 42.7 Å². The fraction of sp³-hybridized carbons (Fsp3) is 0.611. The number of rotatable bonds is 1. The van der Waals surface area contributed by atoms with Crippen molar-refractivity contribution in [2.75, 3.05) is 20.6 Å². The van der Waals surface area contributed by atoms with Crippen molar-refractivity contribution in [3.05, 3.63) is 23.2 Å². The number of hydrogen-bond acceptors (Lipinski definition) is 4. The van der Waals surface area contributed by atoms with E-state index in [1.165, 1.54) is 4.90 Å². The van der Waals surface area contributed by atoms with E-state index in [9.17, 15) is 6.17 Å². The summed E-state index contributed by atoms with van der Waals surface area (Å²) < 4.78 is 83.7. The van der Waals surface area contributed by atoms with Crippen molar-refractivity contribution >= 4 is 5.78 Å². The second-order valence-corrected chi connectivity index (χ2v) is 6.49. The Hall–Kier alpha value is -1.55. The minimum atomic E-state index is -2.90. The number of hydrogen-bond donors (Lipinski definition) is 0. The van der Waals surface area contributed by atoms with E-state index in [1.807, 2.05) is 0 Å². The number of likely N-dealkylation sites (N-methyl/N-ethyl adjacent to an activating group) is 1. The van der Waals surface area contributed by atoms with Crippen LogP contribution >= 0.6 is 0 Å². The molecule has 1 aromatic carbocycles. The lowest BCUT2D eigenvalue weighted by atomic mass is 9.52. The van der Waals surface area contributed by atoms with E-state index in [0.717, 1.165) is 0 Å². The molecule has 4 nitrogen and oxygen atoms in total. The maximum atomic E-state index is 12.9. The molecule has 5 rings (SSSR count). The summed E-state index contributed by atoms with van der Waals surface area (Å²) >= 11 is 0. The standard InChI is InChI=1S/C18H21NO3/c1-19-8-7-18-11-4-5-13(20)17(18)22-16-14(21-2)6-3-10(15(16)18)9-12(11)19/h3,6,11-12,17H,4-5,7-9H2,1-2H3/t11-,12+,17?,18-/m0/s1/i1D3,2D3,3D,6D,11D. The zero-order chi connectivity index (χ0) is 22.7. The summed E-state index contributed by atoms with van der Waals surface area (Å²) in [4.78, 5) is 14.2. The van der Waals surface area contributed by atoms with E-state index in [-0.39, 0.29) is 49.8 Å². The number of carbonyl (C=O) groups excluding carboxylic acids is 1. The molecule has 1 aromatic rings. The molecular weight excluding hydrogens is 278 g/mol. The zero-order valence-corrected chi connectivity index (χ0v) is 11.9. The maximum absolute atomic E-state index is 12.9. The molecule has 0 radical (unpaired) electrons. The highest BCUT2D eigenvalue weighted by Gasteiger charge is 2.65. The van der Waals surface area contributed by atoms with Crippen LogP contribution in [0, 0.1) is 5.89 Å². The molecule has 2 heterocycles. The van der Waals surface area contributed by atoms with Crippen LogP contribution in [0.5, 0.6) is 11.5 Å². The van der Waals surface area contributed by atoms with Crippen LogP contribution < -0.4 is 9.47 Å². The van der Waals surface area contributed by atoms with Crippen molar-refractivity contribution in [3.8, 4) is 11.5 Å². The molecule has 1 saturated heterocycles. The van der Waals surface area contributed by atoms with E-state index in [2.05, 4.69) is 0 Å². The molecule has 2 bridgehead atoms. The van der Waals surface area contributed by atoms with E-state index in [4.69, 9.17) is 20.4 Å². The summed E-state index contributed by atoms with van der Waals surface area (Å²) in [7, 11) is -2.90. The first kappa shape index (κ1) is 6.91. The molecule has 0 aromatic heterocycles. The lowest BCUT2D eigenvalue weighted by Gasteiger charge is -2.57. The smallest absolute Gasteiger partial charge is 0.174 e. The summed E-state index contributed by atoms with van der Waals surface area (Å²) in [5, 5.41) is 0. The molecule has 0 amide bonds. The highest BCUT2D eigenvalue weighted by atomic mass is 16.5. The van der Waals surface area contributed by atoms with Crippen molar-refractivity contribution < 1.29 is 26.6 Å². The van der Waals surface area contributed by atoms with E-state index < -0.39 is 49.3 Å². The quantitative estimate of drug-likeness (QED) is 0.795. The molecule has 1 spiro atoms. The Balaban J connectivity index is 1.82. The number of nitrogens with zero attached hydrogens (tertiary/aromatic N) is 1. The van der Waals surface area contributed by atoms with Crippen LogP contribution in [0.3, 0.4) is 0 Å². The largest absolute Gasteiger partial charge is 0.493 e. The number of Topliss-reactive ketones (excluding diaryl/α,β-unsaturated/α-hetero) is 1. The summed E-state index contributed by atoms with van der Waals surface area (Å²) in [5.74, 6) is -2.08. The number of ether oxygens (including phenoxy) is 2. The molecule has 4 aliphatic rings. The van der Waals surface area contributed by atoms with Gasteiger partial charge in [-0.15, -0.1) is 0 Å². The topological polar surface area (TPSA) is 38.8 Å². The van der Waals surface area contributed by atoms with Crippen molar-refractivity contribution in [2.45, 2.75) is 43.2 Å². The third kappa shape index (κ3) is 1.27. The van der Waals surface area contributed by atoms with Gasteiger partial charge in [-0.05, 0) is 50.3 Å². The van der Waals surface area contributed by atoms with Gasteiger partial charge in [-0.3, -0.25) is 4.79 Å². The Kier molecular flexibility index (Phi) is 1.27. The highest BCUT2D eigenvalue weighted by Crippen LogP contribution is 2.62. The minimum absolute atomic E-state index is 0.0367. The predicted molar refractivity (Wildman–Crippen MR) is 81.6 cm³/mol. The fourth-order valence-corrected chi connectivity index (χ4v) is 4.89. The van der Waals surface area contributed by atoms with Gasteiger partial charge in [0.1, 0.15) is 0 Å². The van der Waals surface area contributed by atoms with Gasteiger partial charge in [-0.25, -0.2) is 0 Å². The van der Waals surface area contributed by atoms with Gasteiger partial charge in [0.05, 0.1) is 13.9 Å². The lowest BCUT2D eigenvalue weighted by molar-refractivity contribution is -0.138. The second kappa shape index (κ2) is 4.05. The number of benzene rings is 1. The number of likely N-dealkylation sites (tertiary alicyclic amines) is 1. The fourth-order valence-electron chi connectivity index (χ4n) is 4.89. The molecule has 1 saturated carbocycles. The average molecular weight is 308 g/mol. The first-order chi connectivity index (χ1) is 14.2. The molecule has 116 valence electrons. The number of carbonyl (C=O) groups is 1. The van der Waals surface area contributed by atoms with Crippen molar-refractivity contribution in [2.24, 2.45) is 5.89 Å². The Bertz CT molecular complexity index is 1010. The van der Waals surface area contributed by atoms with Crippen LogP contribution in [0.4, 0.5) is 0 Å². The van der Waals surface area contributed by atoms with Crippen LogP contribution in [0.25, 0.3) is 0 Å². The summed E-state index contributed by atoms with van der Waals surface area (Å²) in [6.45, 7) is -2.34. The number of methoxy groups -OCH3 is 1. The number of ketones is 1. The van der Waals surface area contributed by atoms with Crippen molar-refractivity contribution in [1.29, 1.82) is 0 Å². The molecule has 0 N–H and O–H groups in total. The number of piperidine rings is 1. The predicted octanol–water partition coefficient (Wildman–Crippen LogP) is 1.93. The van der Waals surface area contributed by atoms with Crippen LogP contribution in [-0.4, -0.2) is 43.4 Å². The molecule has 2 aliphatic carbocycles. The zero-order valence-electron chi connectivity index (χ0n) is 20.9. The van der Waals surface area contributed by atoms with Crippen LogP contribution in [0.2, 0.25) is 0 Å². The minimum Gasteiger partial charge on any atom is -0.493 e. The maximum Gasteiger partial charge on any atom is 0.174 e. The van der Waals surface area contributed by atoms with Gasteiger partial charge in [-0.2, -0.15) is 0 Å². The summed E-state index contributed by atoms with van der Waals surface area (Å²) in [5.41, 5.74) is -0.465. The monoisotopic (exact) mass is 308 g/mol. The third-order valence-electron chi connectivity index (χ3n) is 5.72. The molecule has 2 fully saturated rings. The van der Waals surface area contributed by atoms with Crippen molar-refractivity contribution in [1.82, 2.24) is 4.90 Å². The Morgan fingerprint density at radius 1 is 1.59 bits per heavy atom. The Morgan fingerprint density at radius 3 is 3.41 bits per heavy atom. The van der Waals surface area contributed by atoms with Gasteiger partial charge in [-0.1, -0.05) is 6.04 Å². The normalized spacial score (nSPS) is 48.9. The van der Waals surface area contributed by atoms with Crippen LogP contribution in [0.15, 0.2) is 12.1 Å². The Morgan fingerprint density at radius 2 is 2.55 bits per heavy atom. The Labute approximate surface area is 143 Å². The molecule has 4 atom stereocenters. The van der Waals surface area contributed by atoms with Gasteiger partial charge in [0.2, 0.25) is 0 Å². The molecule has 22 heavy (non-hydrogen) atoms. The van der Waals surface area contributed by atoms with E-state index in [1.54, 1.807) is 0 Å². The lowest BCUT2D eigenvalue weighted by Crippen LogP contribution is -2.65. The van der Waals surface area contributed by atoms with Crippen molar-refractivity contribution in [3.63, 3.8) is 0 Å².